The monoisotopic (exact) mass is 229 g/mol. The molecule has 0 N–H and O–H groups in total. The largest absolute Gasteiger partial charge is 0.299 e. The predicted molar refractivity (Wildman–Crippen MR) is 67.9 cm³/mol. The van der Waals surface area contributed by atoms with Gasteiger partial charge in [-0.25, -0.2) is 0 Å². The van der Waals surface area contributed by atoms with Crippen molar-refractivity contribution < 1.29 is 4.79 Å². The first-order chi connectivity index (χ1) is 8.25. The standard InChI is InChI=1S/C15H19NO/c1-11-10-16(8-7-15(11)17)14-9-13(14)12-5-3-2-4-6-12/h2-6,11,13-14H,7-10H2,1H3. The van der Waals surface area contributed by atoms with Crippen molar-refractivity contribution >= 4 is 5.78 Å². The van der Waals surface area contributed by atoms with E-state index in [1.54, 1.807) is 0 Å². The fraction of sp³-hybridized carbons (Fsp3) is 0.533. The quantitative estimate of drug-likeness (QED) is 0.776. The molecule has 1 aliphatic carbocycles. The van der Waals surface area contributed by atoms with Crippen molar-refractivity contribution in [1.29, 1.82) is 0 Å². The summed E-state index contributed by atoms with van der Waals surface area (Å²) in [5, 5.41) is 0. The van der Waals surface area contributed by atoms with Gasteiger partial charge in [-0.3, -0.25) is 9.69 Å². The van der Waals surface area contributed by atoms with Gasteiger partial charge in [0.15, 0.2) is 0 Å². The molecule has 0 amide bonds. The summed E-state index contributed by atoms with van der Waals surface area (Å²) in [6, 6.07) is 11.4. The van der Waals surface area contributed by atoms with Crippen molar-refractivity contribution in [3.8, 4) is 0 Å². The van der Waals surface area contributed by atoms with Gasteiger partial charge in [0.05, 0.1) is 0 Å². The average molecular weight is 229 g/mol. The molecule has 0 aromatic heterocycles. The molecule has 1 saturated heterocycles. The highest BCUT2D eigenvalue weighted by Gasteiger charge is 2.44. The van der Waals surface area contributed by atoms with Crippen LogP contribution in [0.3, 0.4) is 0 Å². The van der Waals surface area contributed by atoms with Gasteiger partial charge >= 0.3 is 0 Å². The van der Waals surface area contributed by atoms with Crippen LogP contribution in [0.2, 0.25) is 0 Å². The molecule has 2 fully saturated rings. The number of carbonyl (C=O) groups is 1. The molecule has 2 nitrogen and oxygen atoms in total. The van der Waals surface area contributed by atoms with Gasteiger partial charge in [0.2, 0.25) is 0 Å². The number of rotatable bonds is 2. The molecule has 3 rings (SSSR count). The molecule has 1 heterocycles. The van der Waals surface area contributed by atoms with Gasteiger partial charge in [-0.1, -0.05) is 37.3 Å². The topological polar surface area (TPSA) is 20.3 Å². The van der Waals surface area contributed by atoms with Gasteiger partial charge in [0, 0.05) is 37.4 Å². The summed E-state index contributed by atoms with van der Waals surface area (Å²) >= 11 is 0. The van der Waals surface area contributed by atoms with Crippen LogP contribution in [0.4, 0.5) is 0 Å². The Kier molecular flexibility index (Phi) is 2.75. The fourth-order valence-corrected chi connectivity index (χ4v) is 2.99. The molecule has 0 bridgehead atoms. The molecule has 3 atom stereocenters. The molecule has 1 aromatic rings. The highest BCUT2D eigenvalue weighted by molar-refractivity contribution is 5.81. The van der Waals surface area contributed by atoms with Gasteiger partial charge in [-0.2, -0.15) is 0 Å². The van der Waals surface area contributed by atoms with E-state index in [1.807, 2.05) is 0 Å². The minimum absolute atomic E-state index is 0.237. The molecule has 1 aliphatic heterocycles. The second-order valence-electron chi connectivity index (χ2n) is 5.43. The summed E-state index contributed by atoms with van der Waals surface area (Å²) < 4.78 is 0. The number of piperidine rings is 1. The van der Waals surface area contributed by atoms with E-state index in [-0.39, 0.29) is 5.92 Å². The second-order valence-corrected chi connectivity index (χ2v) is 5.43. The minimum atomic E-state index is 0.237. The van der Waals surface area contributed by atoms with Crippen LogP contribution in [0.1, 0.15) is 31.2 Å². The van der Waals surface area contributed by atoms with Crippen LogP contribution in [-0.2, 0) is 4.79 Å². The molecule has 90 valence electrons. The molecule has 0 radical (unpaired) electrons. The highest BCUT2D eigenvalue weighted by Crippen LogP contribution is 2.45. The Morgan fingerprint density at radius 3 is 2.71 bits per heavy atom. The Morgan fingerprint density at radius 2 is 2.00 bits per heavy atom. The van der Waals surface area contributed by atoms with E-state index in [1.165, 1.54) is 12.0 Å². The van der Waals surface area contributed by atoms with E-state index in [9.17, 15) is 4.79 Å². The molecule has 0 spiro atoms. The molecule has 2 heteroatoms. The molecule has 1 aromatic carbocycles. The first-order valence-electron chi connectivity index (χ1n) is 6.57. The Labute approximate surface area is 103 Å². The van der Waals surface area contributed by atoms with Crippen LogP contribution in [0.5, 0.6) is 0 Å². The van der Waals surface area contributed by atoms with E-state index >= 15 is 0 Å². The van der Waals surface area contributed by atoms with E-state index in [2.05, 4.69) is 42.2 Å². The molecule has 17 heavy (non-hydrogen) atoms. The van der Waals surface area contributed by atoms with Crippen LogP contribution in [0.25, 0.3) is 0 Å². The number of hydrogen-bond acceptors (Lipinski definition) is 2. The lowest BCUT2D eigenvalue weighted by Gasteiger charge is -2.30. The predicted octanol–water partition coefficient (Wildman–Crippen LogP) is 2.45. The van der Waals surface area contributed by atoms with Crippen LogP contribution >= 0.6 is 0 Å². The van der Waals surface area contributed by atoms with E-state index in [0.29, 0.717) is 17.7 Å². The van der Waals surface area contributed by atoms with Crippen molar-refractivity contribution in [2.45, 2.75) is 31.7 Å². The lowest BCUT2D eigenvalue weighted by Crippen LogP contribution is -2.41. The first-order valence-corrected chi connectivity index (χ1v) is 6.57. The summed E-state index contributed by atoms with van der Waals surface area (Å²) in [4.78, 5) is 14.0. The number of likely N-dealkylation sites (tertiary alicyclic amines) is 1. The van der Waals surface area contributed by atoms with Gasteiger partial charge in [0.1, 0.15) is 5.78 Å². The van der Waals surface area contributed by atoms with Crippen LogP contribution < -0.4 is 0 Å². The van der Waals surface area contributed by atoms with Gasteiger partial charge in [-0.05, 0) is 12.0 Å². The zero-order valence-corrected chi connectivity index (χ0v) is 10.3. The highest BCUT2D eigenvalue weighted by atomic mass is 16.1. The summed E-state index contributed by atoms with van der Waals surface area (Å²) in [5.74, 6) is 1.38. The smallest absolute Gasteiger partial charge is 0.138 e. The first kappa shape index (κ1) is 11.0. The Hall–Kier alpha value is -1.15. The Bertz CT molecular complexity index is 414. The Balaban J connectivity index is 1.64. The van der Waals surface area contributed by atoms with E-state index < -0.39 is 0 Å². The zero-order valence-electron chi connectivity index (χ0n) is 10.3. The maximum absolute atomic E-state index is 11.5. The molecule has 3 unspecified atom stereocenters. The maximum atomic E-state index is 11.5. The number of nitrogens with zero attached hydrogens (tertiary/aromatic N) is 1. The van der Waals surface area contributed by atoms with Gasteiger partial charge in [-0.15, -0.1) is 0 Å². The zero-order chi connectivity index (χ0) is 11.8. The number of benzene rings is 1. The molecular formula is C15H19NO. The summed E-state index contributed by atoms with van der Waals surface area (Å²) in [6.45, 7) is 4.00. The maximum Gasteiger partial charge on any atom is 0.138 e. The summed E-state index contributed by atoms with van der Waals surface area (Å²) in [6.07, 6.45) is 2.02. The van der Waals surface area contributed by atoms with Crippen molar-refractivity contribution in [2.24, 2.45) is 5.92 Å². The number of hydrogen-bond donors (Lipinski definition) is 0. The lowest BCUT2D eigenvalue weighted by atomic mass is 9.98. The van der Waals surface area contributed by atoms with Crippen molar-refractivity contribution in [2.75, 3.05) is 13.1 Å². The van der Waals surface area contributed by atoms with Crippen LogP contribution in [0, 0.1) is 5.92 Å². The number of ketones is 1. The number of carbonyl (C=O) groups excluding carboxylic acids is 1. The van der Waals surface area contributed by atoms with Gasteiger partial charge < -0.3 is 0 Å². The molecule has 2 aliphatic rings. The second kappa shape index (κ2) is 4.26. The Morgan fingerprint density at radius 1 is 1.24 bits per heavy atom. The third kappa shape index (κ3) is 2.14. The van der Waals surface area contributed by atoms with E-state index in [0.717, 1.165) is 19.5 Å². The fourth-order valence-electron chi connectivity index (χ4n) is 2.99. The van der Waals surface area contributed by atoms with Crippen LogP contribution in [-0.4, -0.2) is 29.8 Å². The summed E-state index contributed by atoms with van der Waals surface area (Å²) in [5.41, 5.74) is 1.46. The molecule has 1 saturated carbocycles. The van der Waals surface area contributed by atoms with Crippen LogP contribution in [0.15, 0.2) is 30.3 Å². The normalized spacial score (nSPS) is 33.7. The molecular weight excluding hydrogens is 210 g/mol. The third-order valence-corrected chi connectivity index (χ3v) is 4.16. The van der Waals surface area contributed by atoms with Crippen molar-refractivity contribution in [1.82, 2.24) is 4.90 Å². The van der Waals surface area contributed by atoms with Gasteiger partial charge in [0.25, 0.3) is 0 Å². The lowest BCUT2D eigenvalue weighted by molar-refractivity contribution is -0.125. The SMILES string of the molecule is CC1CN(C2CC2c2ccccc2)CCC1=O. The summed E-state index contributed by atoms with van der Waals surface area (Å²) in [7, 11) is 0. The van der Waals surface area contributed by atoms with Crippen molar-refractivity contribution in [3.63, 3.8) is 0 Å². The third-order valence-electron chi connectivity index (χ3n) is 4.16. The van der Waals surface area contributed by atoms with Crippen molar-refractivity contribution in [3.05, 3.63) is 35.9 Å². The average Bonchev–Trinajstić information content (AvgIpc) is 3.14. The minimum Gasteiger partial charge on any atom is -0.299 e. The number of Topliss-reactive ketones (excluding diaryl/α,β-unsaturated/α-hetero) is 1. The van der Waals surface area contributed by atoms with E-state index in [4.69, 9.17) is 0 Å².